The molecule has 0 aliphatic carbocycles. The second-order valence-corrected chi connectivity index (χ2v) is 6.71. The molecule has 1 aromatic carbocycles. The summed E-state index contributed by atoms with van der Waals surface area (Å²) in [6, 6.07) is 12.3. The molecule has 0 atom stereocenters. The number of aryl methyl sites for hydroxylation is 1. The number of hydrogen-bond acceptors (Lipinski definition) is 4. The van der Waals surface area contributed by atoms with E-state index in [1.165, 1.54) is 11.1 Å². The Hall–Kier alpha value is -2.11. The van der Waals surface area contributed by atoms with Crippen LogP contribution in [0.4, 0.5) is 0 Å². The minimum Gasteiger partial charge on any atom is -0.453 e. The molecule has 1 saturated heterocycles. The molecule has 1 aliphatic heterocycles. The van der Waals surface area contributed by atoms with Crippen LogP contribution in [0.5, 0.6) is 0 Å². The van der Waals surface area contributed by atoms with Crippen molar-refractivity contribution >= 4 is 5.91 Å². The largest absolute Gasteiger partial charge is 0.453 e. The number of ether oxygens (including phenoxy) is 1. The molecule has 5 nitrogen and oxygen atoms in total. The smallest absolute Gasteiger partial charge is 0.287 e. The summed E-state index contributed by atoms with van der Waals surface area (Å²) in [4.78, 5) is 14.7. The SMILES string of the molecule is COCc1ccc(C(=O)NC2CCN(Cc3cccc(C)c3)CC2)o1. The maximum atomic E-state index is 12.3. The van der Waals surface area contributed by atoms with E-state index in [-0.39, 0.29) is 11.9 Å². The summed E-state index contributed by atoms with van der Waals surface area (Å²) in [5.41, 5.74) is 2.65. The van der Waals surface area contributed by atoms with Crippen LogP contribution in [-0.2, 0) is 17.9 Å². The van der Waals surface area contributed by atoms with E-state index in [1.807, 2.05) is 0 Å². The van der Waals surface area contributed by atoms with Crippen molar-refractivity contribution in [2.75, 3.05) is 20.2 Å². The van der Waals surface area contributed by atoms with Gasteiger partial charge in [0.1, 0.15) is 12.4 Å². The van der Waals surface area contributed by atoms with Gasteiger partial charge in [-0.15, -0.1) is 0 Å². The van der Waals surface area contributed by atoms with E-state index in [4.69, 9.17) is 9.15 Å². The maximum Gasteiger partial charge on any atom is 0.287 e. The molecule has 2 heterocycles. The third kappa shape index (κ3) is 4.94. The first-order chi connectivity index (χ1) is 12.1. The van der Waals surface area contributed by atoms with Crippen LogP contribution in [0.1, 0.15) is 40.3 Å². The molecule has 134 valence electrons. The predicted octanol–water partition coefficient (Wildman–Crippen LogP) is 3.13. The van der Waals surface area contributed by atoms with E-state index in [1.54, 1.807) is 19.2 Å². The van der Waals surface area contributed by atoms with Crippen molar-refractivity contribution in [1.29, 1.82) is 0 Å². The molecule has 1 fully saturated rings. The highest BCUT2D eigenvalue weighted by Gasteiger charge is 2.22. The lowest BCUT2D eigenvalue weighted by Crippen LogP contribution is -2.44. The molecule has 1 N–H and O–H groups in total. The number of piperidine rings is 1. The van der Waals surface area contributed by atoms with Crippen LogP contribution in [-0.4, -0.2) is 37.0 Å². The molecule has 0 saturated carbocycles. The number of carbonyl (C=O) groups is 1. The first kappa shape index (κ1) is 17.7. The molecule has 0 bridgehead atoms. The van der Waals surface area contributed by atoms with E-state index in [2.05, 4.69) is 41.4 Å². The Bertz CT molecular complexity index is 702. The van der Waals surface area contributed by atoms with Crippen LogP contribution in [0, 0.1) is 6.92 Å². The Balaban J connectivity index is 1.46. The molecular weight excluding hydrogens is 316 g/mol. The average Bonchev–Trinajstić information content (AvgIpc) is 3.06. The number of hydrogen-bond donors (Lipinski definition) is 1. The molecule has 1 aliphatic rings. The number of methoxy groups -OCH3 is 1. The van der Waals surface area contributed by atoms with Gasteiger partial charge >= 0.3 is 0 Å². The van der Waals surface area contributed by atoms with Gasteiger partial charge in [-0.3, -0.25) is 9.69 Å². The zero-order valence-electron chi connectivity index (χ0n) is 15.0. The lowest BCUT2D eigenvalue weighted by Gasteiger charge is -2.32. The number of nitrogens with zero attached hydrogens (tertiary/aromatic N) is 1. The van der Waals surface area contributed by atoms with Gasteiger partial charge in [0.05, 0.1) is 0 Å². The van der Waals surface area contributed by atoms with Gasteiger partial charge in [0.25, 0.3) is 5.91 Å². The molecule has 0 unspecified atom stereocenters. The Morgan fingerprint density at radius 3 is 2.80 bits per heavy atom. The monoisotopic (exact) mass is 342 g/mol. The van der Waals surface area contributed by atoms with Gasteiger partial charge in [-0.2, -0.15) is 0 Å². The van der Waals surface area contributed by atoms with Crippen LogP contribution < -0.4 is 5.32 Å². The fourth-order valence-electron chi connectivity index (χ4n) is 3.28. The zero-order valence-corrected chi connectivity index (χ0v) is 15.0. The number of carbonyl (C=O) groups excluding carboxylic acids is 1. The van der Waals surface area contributed by atoms with Crippen LogP contribution in [0.2, 0.25) is 0 Å². The van der Waals surface area contributed by atoms with E-state index in [0.717, 1.165) is 32.5 Å². The van der Waals surface area contributed by atoms with Gasteiger partial charge in [0.2, 0.25) is 0 Å². The number of benzene rings is 1. The van der Waals surface area contributed by atoms with Gasteiger partial charge in [-0.1, -0.05) is 29.8 Å². The lowest BCUT2D eigenvalue weighted by molar-refractivity contribution is 0.0872. The highest BCUT2D eigenvalue weighted by atomic mass is 16.5. The van der Waals surface area contributed by atoms with Gasteiger partial charge in [0, 0.05) is 32.8 Å². The standard InChI is InChI=1S/C20H26N2O3/c1-15-4-3-5-16(12-15)13-22-10-8-17(9-11-22)21-20(23)19-7-6-18(25-19)14-24-2/h3-7,12,17H,8-11,13-14H2,1-2H3,(H,21,23). The van der Waals surface area contributed by atoms with Crippen molar-refractivity contribution < 1.29 is 13.9 Å². The highest BCUT2D eigenvalue weighted by Crippen LogP contribution is 2.16. The first-order valence-corrected chi connectivity index (χ1v) is 8.80. The molecule has 1 amide bonds. The van der Waals surface area contributed by atoms with Crippen LogP contribution in [0.15, 0.2) is 40.8 Å². The normalized spacial score (nSPS) is 16.1. The molecule has 25 heavy (non-hydrogen) atoms. The third-order valence-electron chi connectivity index (χ3n) is 4.58. The highest BCUT2D eigenvalue weighted by molar-refractivity contribution is 5.91. The third-order valence-corrected chi connectivity index (χ3v) is 4.58. The Labute approximate surface area is 149 Å². The zero-order chi connectivity index (χ0) is 17.6. The topological polar surface area (TPSA) is 54.7 Å². The Morgan fingerprint density at radius 2 is 2.08 bits per heavy atom. The Kier molecular flexibility index (Phi) is 5.89. The minimum absolute atomic E-state index is 0.139. The van der Waals surface area contributed by atoms with Crippen LogP contribution >= 0.6 is 0 Å². The fraction of sp³-hybridized carbons (Fsp3) is 0.450. The second-order valence-electron chi connectivity index (χ2n) is 6.71. The van der Waals surface area contributed by atoms with Crippen molar-refractivity contribution in [2.45, 2.75) is 39.0 Å². The number of furan rings is 1. The van der Waals surface area contributed by atoms with Crippen molar-refractivity contribution in [3.63, 3.8) is 0 Å². The van der Waals surface area contributed by atoms with Crippen LogP contribution in [0.3, 0.4) is 0 Å². The van der Waals surface area contributed by atoms with Crippen molar-refractivity contribution in [2.24, 2.45) is 0 Å². The lowest BCUT2D eigenvalue weighted by atomic mass is 10.0. The van der Waals surface area contributed by atoms with E-state index in [0.29, 0.717) is 18.1 Å². The summed E-state index contributed by atoms with van der Waals surface area (Å²) < 4.78 is 10.5. The van der Waals surface area contributed by atoms with E-state index < -0.39 is 0 Å². The summed E-state index contributed by atoms with van der Waals surface area (Å²) in [6.45, 7) is 5.46. The molecule has 2 aromatic rings. The van der Waals surface area contributed by atoms with Crippen molar-refractivity contribution in [1.82, 2.24) is 10.2 Å². The summed E-state index contributed by atoms with van der Waals surface area (Å²) in [5.74, 6) is 0.884. The molecule has 0 spiro atoms. The second kappa shape index (κ2) is 8.32. The quantitative estimate of drug-likeness (QED) is 0.876. The molecular formula is C20H26N2O3. The van der Waals surface area contributed by atoms with Gasteiger partial charge in [0.15, 0.2) is 5.76 Å². The van der Waals surface area contributed by atoms with Crippen LogP contribution in [0.25, 0.3) is 0 Å². The number of rotatable bonds is 6. The number of likely N-dealkylation sites (tertiary alicyclic amines) is 1. The molecule has 3 rings (SSSR count). The maximum absolute atomic E-state index is 12.3. The van der Waals surface area contributed by atoms with Gasteiger partial charge in [-0.25, -0.2) is 0 Å². The Morgan fingerprint density at radius 1 is 1.28 bits per heavy atom. The summed E-state index contributed by atoms with van der Waals surface area (Å²) in [5, 5.41) is 3.08. The minimum atomic E-state index is -0.139. The molecule has 1 aromatic heterocycles. The molecule has 5 heteroatoms. The van der Waals surface area contributed by atoms with Crippen molar-refractivity contribution in [3.8, 4) is 0 Å². The van der Waals surface area contributed by atoms with E-state index >= 15 is 0 Å². The van der Waals surface area contributed by atoms with E-state index in [9.17, 15) is 4.79 Å². The summed E-state index contributed by atoms with van der Waals surface area (Å²) in [6.07, 6.45) is 1.92. The first-order valence-electron chi connectivity index (χ1n) is 8.80. The van der Waals surface area contributed by atoms with Crippen molar-refractivity contribution in [3.05, 3.63) is 59.0 Å². The average molecular weight is 342 g/mol. The summed E-state index contributed by atoms with van der Waals surface area (Å²) >= 11 is 0. The van der Waals surface area contributed by atoms with Gasteiger partial charge in [-0.05, 0) is 37.5 Å². The fourth-order valence-corrected chi connectivity index (χ4v) is 3.28. The van der Waals surface area contributed by atoms with Gasteiger partial charge < -0.3 is 14.5 Å². The summed E-state index contributed by atoms with van der Waals surface area (Å²) in [7, 11) is 1.60. The molecule has 0 radical (unpaired) electrons. The predicted molar refractivity (Wildman–Crippen MR) is 96.4 cm³/mol. The number of nitrogens with one attached hydrogen (secondary N) is 1. The number of amides is 1.